The molecular formula is C16H24N2O2S. The van der Waals surface area contributed by atoms with E-state index in [2.05, 4.69) is 21.7 Å². The molecule has 0 spiro atoms. The van der Waals surface area contributed by atoms with Gasteiger partial charge in [0.05, 0.1) is 19.6 Å². The highest BCUT2D eigenvalue weighted by molar-refractivity contribution is 7.10. The highest BCUT2D eigenvalue weighted by Gasteiger charge is 2.36. The highest BCUT2D eigenvalue weighted by Crippen LogP contribution is 2.30. The van der Waals surface area contributed by atoms with Gasteiger partial charge in [-0.25, -0.2) is 0 Å². The smallest absolute Gasteiger partial charge is 0.307 e. The Morgan fingerprint density at radius 3 is 3.14 bits per heavy atom. The van der Waals surface area contributed by atoms with Crippen molar-refractivity contribution in [1.82, 2.24) is 10.2 Å². The van der Waals surface area contributed by atoms with Crippen LogP contribution in [0.25, 0.3) is 0 Å². The van der Waals surface area contributed by atoms with E-state index in [-0.39, 0.29) is 12.0 Å². The molecule has 2 saturated heterocycles. The Kier molecular flexibility index (Phi) is 4.93. The van der Waals surface area contributed by atoms with Crippen LogP contribution in [-0.2, 0) is 9.53 Å². The van der Waals surface area contributed by atoms with E-state index in [1.807, 2.05) is 6.07 Å². The highest BCUT2D eigenvalue weighted by atomic mass is 32.1. The second kappa shape index (κ2) is 6.90. The van der Waals surface area contributed by atoms with Gasteiger partial charge in [0.2, 0.25) is 0 Å². The summed E-state index contributed by atoms with van der Waals surface area (Å²) in [5.74, 6) is -0.139. The van der Waals surface area contributed by atoms with Crippen molar-refractivity contribution in [2.75, 3.05) is 20.2 Å². The zero-order valence-electron chi connectivity index (χ0n) is 12.6. The first-order valence-electron chi connectivity index (χ1n) is 7.88. The van der Waals surface area contributed by atoms with E-state index in [1.54, 1.807) is 11.3 Å². The normalized spacial score (nSPS) is 27.3. The summed E-state index contributed by atoms with van der Waals surface area (Å²) in [6, 6.07) is 5.40. The zero-order valence-corrected chi connectivity index (χ0v) is 13.4. The molecule has 2 aliphatic heterocycles. The van der Waals surface area contributed by atoms with Crippen molar-refractivity contribution < 1.29 is 9.53 Å². The number of carbonyl (C=O) groups excluding carboxylic acids is 1. The van der Waals surface area contributed by atoms with Crippen molar-refractivity contribution in [1.29, 1.82) is 0 Å². The third-order valence-electron chi connectivity index (χ3n) is 4.76. The molecule has 3 unspecified atom stereocenters. The summed E-state index contributed by atoms with van der Waals surface area (Å²) >= 11 is 1.71. The van der Waals surface area contributed by atoms with Crippen LogP contribution in [-0.4, -0.2) is 43.2 Å². The lowest BCUT2D eigenvalue weighted by Gasteiger charge is -2.34. The lowest BCUT2D eigenvalue weighted by atomic mass is 9.98. The van der Waals surface area contributed by atoms with Crippen molar-refractivity contribution in [3.63, 3.8) is 0 Å². The summed E-state index contributed by atoms with van der Waals surface area (Å²) in [5.41, 5.74) is 0. The fraction of sp³-hybridized carbons (Fsp3) is 0.688. The Morgan fingerprint density at radius 2 is 2.38 bits per heavy atom. The van der Waals surface area contributed by atoms with Gasteiger partial charge in [-0.3, -0.25) is 9.69 Å². The zero-order chi connectivity index (χ0) is 14.7. The summed E-state index contributed by atoms with van der Waals surface area (Å²) in [7, 11) is 1.46. The number of hydrogen-bond donors (Lipinski definition) is 1. The van der Waals surface area contributed by atoms with E-state index in [9.17, 15) is 4.79 Å². The molecular weight excluding hydrogens is 284 g/mol. The monoisotopic (exact) mass is 308 g/mol. The van der Waals surface area contributed by atoms with Gasteiger partial charge in [0, 0.05) is 23.5 Å². The molecule has 2 fully saturated rings. The fourth-order valence-electron chi connectivity index (χ4n) is 3.68. The van der Waals surface area contributed by atoms with Gasteiger partial charge in [-0.15, -0.1) is 11.3 Å². The molecule has 2 aliphatic rings. The summed E-state index contributed by atoms with van der Waals surface area (Å²) in [6.07, 6.45) is 5.56. The van der Waals surface area contributed by atoms with Gasteiger partial charge in [0.15, 0.2) is 0 Å². The molecule has 0 aromatic carbocycles. The van der Waals surface area contributed by atoms with Crippen LogP contribution >= 0.6 is 11.3 Å². The van der Waals surface area contributed by atoms with Crippen molar-refractivity contribution in [2.45, 2.75) is 50.2 Å². The predicted molar refractivity (Wildman–Crippen MR) is 84.4 cm³/mol. The topological polar surface area (TPSA) is 41.6 Å². The van der Waals surface area contributed by atoms with Crippen LogP contribution in [0.2, 0.25) is 0 Å². The standard InChI is InChI=1S/C16H24N2O2S/c1-20-16(19)11-13(15-6-4-10-21-15)17-12-7-9-18-8-3-2-5-14(12)18/h4,6,10,12-14,17H,2-3,5,7-9,11H2,1H3. The van der Waals surface area contributed by atoms with Crippen LogP contribution in [0, 0.1) is 0 Å². The molecule has 116 valence electrons. The maximum Gasteiger partial charge on any atom is 0.307 e. The second-order valence-electron chi connectivity index (χ2n) is 6.01. The first-order chi connectivity index (χ1) is 10.3. The molecule has 4 nitrogen and oxygen atoms in total. The van der Waals surface area contributed by atoms with Gasteiger partial charge in [0.25, 0.3) is 0 Å². The minimum atomic E-state index is -0.139. The predicted octanol–water partition coefficient (Wildman–Crippen LogP) is 2.57. The minimum absolute atomic E-state index is 0.0873. The number of ether oxygens (including phenoxy) is 1. The Hall–Kier alpha value is -0.910. The number of nitrogens with zero attached hydrogens (tertiary/aromatic N) is 1. The molecule has 1 aromatic heterocycles. The van der Waals surface area contributed by atoms with Crippen molar-refractivity contribution >= 4 is 17.3 Å². The number of rotatable bonds is 5. The second-order valence-corrected chi connectivity index (χ2v) is 6.99. The molecule has 5 heteroatoms. The SMILES string of the molecule is COC(=O)CC(NC1CCN2CCCCC12)c1cccs1. The van der Waals surface area contributed by atoms with E-state index >= 15 is 0 Å². The van der Waals surface area contributed by atoms with Crippen molar-refractivity contribution in [3.05, 3.63) is 22.4 Å². The van der Waals surface area contributed by atoms with Gasteiger partial charge >= 0.3 is 5.97 Å². The van der Waals surface area contributed by atoms with Gasteiger partial charge in [-0.2, -0.15) is 0 Å². The maximum atomic E-state index is 11.7. The number of carbonyl (C=O) groups is 1. The Balaban J connectivity index is 1.68. The van der Waals surface area contributed by atoms with E-state index < -0.39 is 0 Å². The number of piperidine rings is 1. The summed E-state index contributed by atoms with van der Waals surface area (Å²) < 4.78 is 4.87. The average Bonchev–Trinajstić information content (AvgIpc) is 3.16. The number of hydrogen-bond acceptors (Lipinski definition) is 5. The van der Waals surface area contributed by atoms with Gasteiger partial charge in [-0.1, -0.05) is 12.5 Å². The molecule has 1 aromatic rings. The summed E-state index contributed by atoms with van der Waals surface area (Å²) in [5, 5.41) is 5.82. The molecule has 0 saturated carbocycles. The Bertz CT molecular complexity index is 463. The number of fused-ring (bicyclic) bond motifs is 1. The lowest BCUT2D eigenvalue weighted by Crippen LogP contribution is -2.46. The molecule has 0 amide bonds. The minimum Gasteiger partial charge on any atom is -0.469 e. The first kappa shape index (κ1) is 15.0. The van der Waals surface area contributed by atoms with Gasteiger partial charge in [0.1, 0.15) is 0 Å². The lowest BCUT2D eigenvalue weighted by molar-refractivity contribution is -0.141. The third kappa shape index (κ3) is 3.47. The fourth-order valence-corrected chi connectivity index (χ4v) is 4.47. The molecule has 3 atom stereocenters. The van der Waals surface area contributed by atoms with Crippen LogP contribution < -0.4 is 5.32 Å². The largest absolute Gasteiger partial charge is 0.469 e. The molecule has 21 heavy (non-hydrogen) atoms. The van der Waals surface area contributed by atoms with E-state index in [0.717, 1.165) is 0 Å². The van der Waals surface area contributed by atoms with Crippen LogP contribution in [0.15, 0.2) is 17.5 Å². The van der Waals surface area contributed by atoms with Crippen LogP contribution in [0.1, 0.15) is 43.0 Å². The summed E-state index contributed by atoms with van der Waals surface area (Å²) in [6.45, 7) is 2.43. The first-order valence-corrected chi connectivity index (χ1v) is 8.76. The quantitative estimate of drug-likeness (QED) is 0.849. The van der Waals surface area contributed by atoms with E-state index in [4.69, 9.17) is 4.74 Å². The maximum absolute atomic E-state index is 11.7. The van der Waals surface area contributed by atoms with Gasteiger partial charge in [-0.05, 0) is 37.3 Å². The van der Waals surface area contributed by atoms with E-state index in [1.165, 1.54) is 50.8 Å². The Morgan fingerprint density at radius 1 is 1.48 bits per heavy atom. The van der Waals surface area contributed by atoms with Crippen LogP contribution in [0.3, 0.4) is 0 Å². The summed E-state index contributed by atoms with van der Waals surface area (Å²) in [4.78, 5) is 15.6. The number of nitrogens with one attached hydrogen (secondary N) is 1. The average molecular weight is 308 g/mol. The molecule has 0 bridgehead atoms. The molecule has 3 heterocycles. The van der Waals surface area contributed by atoms with Crippen LogP contribution in [0.4, 0.5) is 0 Å². The van der Waals surface area contributed by atoms with Gasteiger partial charge < -0.3 is 10.1 Å². The molecule has 0 radical (unpaired) electrons. The number of esters is 1. The Labute approximate surface area is 130 Å². The number of thiophene rings is 1. The molecule has 3 rings (SSSR count). The van der Waals surface area contributed by atoms with Crippen LogP contribution in [0.5, 0.6) is 0 Å². The van der Waals surface area contributed by atoms with Crippen molar-refractivity contribution in [2.24, 2.45) is 0 Å². The number of methoxy groups -OCH3 is 1. The molecule has 1 N–H and O–H groups in total. The molecule has 0 aliphatic carbocycles. The van der Waals surface area contributed by atoms with Crippen molar-refractivity contribution in [3.8, 4) is 0 Å². The third-order valence-corrected chi connectivity index (χ3v) is 5.74. The van der Waals surface area contributed by atoms with E-state index in [0.29, 0.717) is 18.5 Å².